The summed E-state index contributed by atoms with van der Waals surface area (Å²) in [5, 5.41) is 8.31. The molecule has 0 heterocycles. The van der Waals surface area contributed by atoms with Gasteiger partial charge in [-0.2, -0.15) is 5.26 Å². The van der Waals surface area contributed by atoms with Crippen molar-refractivity contribution >= 4 is 23.3 Å². The van der Waals surface area contributed by atoms with Crippen LogP contribution in [0.25, 0.3) is 0 Å². The maximum atomic E-state index is 11.1. The van der Waals surface area contributed by atoms with Crippen LogP contribution in [0.15, 0.2) is 48.5 Å². The summed E-state index contributed by atoms with van der Waals surface area (Å²) in [6.45, 7) is 1.88. The number of rotatable bonds is 4. The Bertz CT molecular complexity index is 569. The zero-order chi connectivity index (χ0) is 13.7. The van der Waals surface area contributed by atoms with Gasteiger partial charge in [0, 0.05) is 17.4 Å². The number of para-hydroxylation sites is 1. The van der Waals surface area contributed by atoms with Gasteiger partial charge < -0.3 is 9.62 Å². The van der Waals surface area contributed by atoms with Gasteiger partial charge in [-0.15, -0.1) is 0 Å². The second kappa shape index (κ2) is 7.71. The van der Waals surface area contributed by atoms with E-state index in [0.717, 1.165) is 16.9 Å². The topological polar surface area (TPSA) is 55.8 Å². The first-order chi connectivity index (χ1) is 9.19. The Labute approximate surface area is 128 Å². The molecule has 0 spiro atoms. The van der Waals surface area contributed by atoms with E-state index < -0.39 is 5.97 Å². The zero-order valence-corrected chi connectivity index (χ0v) is 12.2. The Morgan fingerprint density at radius 2 is 1.80 bits per heavy atom. The van der Waals surface area contributed by atoms with Gasteiger partial charge in [0.25, 0.3) is 0 Å². The standard InChI is InChI=1S/C15H14O4.Al/c1-11-7-8-14(9-12(11)10-15(16)19-17)18-13-5-3-2-4-6-13;/h2-9,17H,10H2,1H3;. The van der Waals surface area contributed by atoms with E-state index in [4.69, 9.17) is 9.99 Å². The van der Waals surface area contributed by atoms with Crippen molar-refractivity contribution in [2.24, 2.45) is 0 Å². The lowest BCUT2D eigenvalue weighted by molar-refractivity contribution is -0.233. The minimum absolute atomic E-state index is 0. The first kappa shape index (κ1) is 16.3. The lowest BCUT2D eigenvalue weighted by Gasteiger charge is -2.09. The molecule has 2 aromatic carbocycles. The van der Waals surface area contributed by atoms with Crippen LogP contribution in [-0.4, -0.2) is 28.6 Å². The fraction of sp³-hybridized carbons (Fsp3) is 0.133. The number of benzene rings is 2. The Hall–Kier alpha value is -1.80. The molecular weight excluding hydrogens is 271 g/mol. The molecule has 0 aromatic heterocycles. The highest BCUT2D eigenvalue weighted by molar-refractivity contribution is 5.75. The number of carbonyl (C=O) groups excluding carboxylic acids is 1. The maximum absolute atomic E-state index is 11.1. The van der Waals surface area contributed by atoms with Gasteiger partial charge in [-0.3, -0.25) is 0 Å². The quantitative estimate of drug-likeness (QED) is 0.533. The maximum Gasteiger partial charge on any atom is 0.346 e. The molecular formula is C15H14AlO4. The second-order valence-corrected chi connectivity index (χ2v) is 4.14. The highest BCUT2D eigenvalue weighted by Crippen LogP contribution is 2.24. The number of ether oxygens (including phenoxy) is 1. The summed E-state index contributed by atoms with van der Waals surface area (Å²) in [7, 11) is 0. The van der Waals surface area contributed by atoms with Crippen LogP contribution in [0, 0.1) is 6.92 Å². The van der Waals surface area contributed by atoms with Gasteiger partial charge >= 0.3 is 5.97 Å². The van der Waals surface area contributed by atoms with Crippen molar-refractivity contribution in [2.75, 3.05) is 0 Å². The van der Waals surface area contributed by atoms with Crippen LogP contribution in [0.2, 0.25) is 0 Å². The molecule has 0 fully saturated rings. The first-order valence-corrected chi connectivity index (χ1v) is 5.85. The predicted octanol–water partition coefficient (Wildman–Crippen LogP) is 2.97. The molecule has 0 bridgehead atoms. The summed E-state index contributed by atoms with van der Waals surface area (Å²) >= 11 is 0. The van der Waals surface area contributed by atoms with E-state index in [1.807, 2.05) is 49.4 Å². The van der Waals surface area contributed by atoms with Crippen molar-refractivity contribution < 1.29 is 19.7 Å². The van der Waals surface area contributed by atoms with E-state index in [9.17, 15) is 4.79 Å². The lowest BCUT2D eigenvalue weighted by atomic mass is 10.1. The van der Waals surface area contributed by atoms with Gasteiger partial charge in [-0.25, -0.2) is 4.79 Å². The van der Waals surface area contributed by atoms with Crippen molar-refractivity contribution in [1.29, 1.82) is 0 Å². The van der Waals surface area contributed by atoms with E-state index in [-0.39, 0.29) is 23.8 Å². The third kappa shape index (κ3) is 4.39. The summed E-state index contributed by atoms with van der Waals surface area (Å²) in [6, 6.07) is 14.8. The van der Waals surface area contributed by atoms with Gasteiger partial charge in [0.15, 0.2) is 0 Å². The zero-order valence-electron chi connectivity index (χ0n) is 11.1. The van der Waals surface area contributed by atoms with Gasteiger partial charge in [-0.05, 0) is 42.3 Å². The molecule has 1 N–H and O–H groups in total. The molecule has 2 rings (SSSR count). The second-order valence-electron chi connectivity index (χ2n) is 4.14. The molecule has 4 nitrogen and oxygen atoms in total. The molecule has 101 valence electrons. The number of hydrogen-bond donors (Lipinski definition) is 1. The van der Waals surface area contributed by atoms with Gasteiger partial charge in [0.2, 0.25) is 0 Å². The third-order valence-electron chi connectivity index (χ3n) is 2.74. The van der Waals surface area contributed by atoms with E-state index in [0.29, 0.717) is 5.75 Å². The average molecular weight is 285 g/mol. The molecule has 0 aliphatic carbocycles. The summed E-state index contributed by atoms with van der Waals surface area (Å²) < 4.78 is 5.67. The molecule has 0 amide bonds. The van der Waals surface area contributed by atoms with E-state index in [1.54, 1.807) is 6.07 Å². The third-order valence-corrected chi connectivity index (χ3v) is 2.74. The fourth-order valence-corrected chi connectivity index (χ4v) is 1.71. The number of hydrogen-bond acceptors (Lipinski definition) is 4. The Morgan fingerprint density at radius 1 is 1.10 bits per heavy atom. The molecule has 0 aliphatic rings. The average Bonchev–Trinajstić information content (AvgIpc) is 2.43. The molecule has 5 heteroatoms. The predicted molar refractivity (Wildman–Crippen MR) is 75.9 cm³/mol. The summed E-state index contributed by atoms with van der Waals surface area (Å²) in [6.07, 6.45) is 0.00826. The fourth-order valence-electron chi connectivity index (χ4n) is 1.71. The molecule has 0 atom stereocenters. The summed E-state index contributed by atoms with van der Waals surface area (Å²) in [4.78, 5) is 14.8. The SMILES string of the molecule is Cc1ccc(Oc2ccccc2)cc1CC(=O)OO.[Al]. The van der Waals surface area contributed by atoms with Crippen molar-refractivity contribution in [3.63, 3.8) is 0 Å². The van der Waals surface area contributed by atoms with Crippen LogP contribution >= 0.6 is 0 Å². The molecule has 0 saturated heterocycles. The molecule has 3 radical (unpaired) electrons. The van der Waals surface area contributed by atoms with E-state index in [1.165, 1.54) is 0 Å². The summed E-state index contributed by atoms with van der Waals surface area (Å²) in [5.74, 6) is 0.666. The van der Waals surface area contributed by atoms with Crippen LogP contribution in [0.3, 0.4) is 0 Å². The molecule has 0 saturated carbocycles. The minimum atomic E-state index is -0.694. The van der Waals surface area contributed by atoms with Gasteiger partial charge in [0.1, 0.15) is 11.5 Å². The smallest absolute Gasteiger partial charge is 0.346 e. The minimum Gasteiger partial charge on any atom is -0.457 e. The Morgan fingerprint density at radius 3 is 2.45 bits per heavy atom. The van der Waals surface area contributed by atoms with Crippen LogP contribution < -0.4 is 4.74 Å². The highest BCUT2D eigenvalue weighted by Gasteiger charge is 2.09. The van der Waals surface area contributed by atoms with Crippen LogP contribution in [0.1, 0.15) is 11.1 Å². The molecule has 0 unspecified atom stereocenters. The van der Waals surface area contributed by atoms with Crippen molar-refractivity contribution in [1.82, 2.24) is 0 Å². The number of aryl methyl sites for hydroxylation is 1. The van der Waals surface area contributed by atoms with Crippen molar-refractivity contribution in [3.05, 3.63) is 59.7 Å². The van der Waals surface area contributed by atoms with Crippen LogP contribution in [0.5, 0.6) is 11.5 Å². The summed E-state index contributed by atoms with van der Waals surface area (Å²) in [5.41, 5.74) is 1.69. The van der Waals surface area contributed by atoms with Crippen molar-refractivity contribution in [2.45, 2.75) is 13.3 Å². The number of carbonyl (C=O) groups is 1. The van der Waals surface area contributed by atoms with Crippen LogP contribution in [0.4, 0.5) is 0 Å². The largest absolute Gasteiger partial charge is 0.457 e. The monoisotopic (exact) mass is 285 g/mol. The Balaban J connectivity index is 0.00000200. The molecule has 2 aromatic rings. The lowest BCUT2D eigenvalue weighted by Crippen LogP contribution is -2.06. The molecule has 20 heavy (non-hydrogen) atoms. The van der Waals surface area contributed by atoms with Crippen molar-refractivity contribution in [3.8, 4) is 11.5 Å². The van der Waals surface area contributed by atoms with Gasteiger partial charge in [0.05, 0.1) is 6.42 Å². The first-order valence-electron chi connectivity index (χ1n) is 5.85. The highest BCUT2D eigenvalue weighted by atomic mass is 27.0. The molecule has 0 aliphatic heterocycles. The van der Waals surface area contributed by atoms with E-state index in [2.05, 4.69) is 4.89 Å². The van der Waals surface area contributed by atoms with Gasteiger partial charge in [-0.1, -0.05) is 24.3 Å². The van der Waals surface area contributed by atoms with E-state index >= 15 is 0 Å². The van der Waals surface area contributed by atoms with Crippen LogP contribution in [-0.2, 0) is 16.1 Å². The normalized spacial score (nSPS) is 9.50. The Kier molecular flexibility index (Phi) is 6.27.